The first-order valence-corrected chi connectivity index (χ1v) is 7.43. The van der Waals surface area contributed by atoms with Crippen molar-refractivity contribution >= 4 is 19.0 Å². The van der Waals surface area contributed by atoms with E-state index in [0.29, 0.717) is 18.6 Å². The van der Waals surface area contributed by atoms with E-state index in [0.717, 1.165) is 5.56 Å². The fourth-order valence-corrected chi connectivity index (χ4v) is 2.38. The van der Waals surface area contributed by atoms with Gasteiger partial charge < -0.3 is 19.7 Å². The number of carbonyl (C=O) groups is 2. The molecular weight excluding hydrogens is 297 g/mol. The minimum absolute atomic E-state index is 0.190. The lowest BCUT2D eigenvalue weighted by atomic mass is 9.72. The molecule has 1 atom stereocenters. The molecule has 0 spiro atoms. The molecular formula is C16H18BNO5. The molecule has 0 radical (unpaired) electrons. The van der Waals surface area contributed by atoms with E-state index in [-0.39, 0.29) is 24.5 Å². The van der Waals surface area contributed by atoms with Crippen LogP contribution in [0.15, 0.2) is 18.2 Å². The predicted molar refractivity (Wildman–Crippen MR) is 84.7 cm³/mol. The van der Waals surface area contributed by atoms with Crippen molar-refractivity contribution in [1.82, 2.24) is 5.32 Å². The zero-order chi connectivity index (χ0) is 16.8. The summed E-state index contributed by atoms with van der Waals surface area (Å²) in [4.78, 5) is 23.7. The Labute approximate surface area is 135 Å². The molecule has 1 aromatic rings. The zero-order valence-electron chi connectivity index (χ0n) is 12.9. The second-order valence-corrected chi connectivity index (χ2v) is 5.10. The lowest BCUT2D eigenvalue weighted by molar-refractivity contribution is -0.121. The number of esters is 1. The summed E-state index contributed by atoms with van der Waals surface area (Å²) in [7, 11) is -1.24. The second-order valence-electron chi connectivity index (χ2n) is 5.10. The maximum absolute atomic E-state index is 11.9. The largest absolute Gasteiger partial charge is 0.547 e. The van der Waals surface area contributed by atoms with Crippen molar-refractivity contribution in [2.24, 2.45) is 0 Å². The van der Waals surface area contributed by atoms with Crippen molar-refractivity contribution in [3.8, 4) is 18.1 Å². The molecule has 1 unspecified atom stereocenters. The molecule has 0 fully saturated rings. The molecule has 0 saturated heterocycles. The van der Waals surface area contributed by atoms with E-state index in [1.165, 1.54) is 0 Å². The van der Waals surface area contributed by atoms with E-state index in [1.807, 2.05) is 0 Å². The Hall–Kier alpha value is -2.46. The van der Waals surface area contributed by atoms with Gasteiger partial charge in [-0.1, -0.05) is 12.1 Å². The molecule has 120 valence electrons. The highest BCUT2D eigenvalue weighted by atomic mass is 16.5. The highest BCUT2D eigenvalue weighted by Gasteiger charge is 2.37. The van der Waals surface area contributed by atoms with Crippen molar-refractivity contribution in [2.75, 3.05) is 6.61 Å². The number of amides is 1. The van der Waals surface area contributed by atoms with Gasteiger partial charge in [0.25, 0.3) is 0 Å². The molecule has 23 heavy (non-hydrogen) atoms. The Kier molecular flexibility index (Phi) is 5.66. The maximum Gasteiger partial charge on any atom is 0.547 e. The summed E-state index contributed by atoms with van der Waals surface area (Å²) in [5.41, 5.74) is 0.989. The van der Waals surface area contributed by atoms with Crippen LogP contribution in [0.25, 0.3) is 0 Å². The lowest BCUT2D eigenvalue weighted by Gasteiger charge is -2.29. The number of rotatable bonds is 5. The van der Waals surface area contributed by atoms with Crippen LogP contribution in [0.1, 0.15) is 35.7 Å². The van der Waals surface area contributed by atoms with Gasteiger partial charge in [-0.25, -0.2) is 4.79 Å². The summed E-state index contributed by atoms with van der Waals surface area (Å²) in [6, 6.07) is 5.07. The minimum atomic E-state index is -1.24. The summed E-state index contributed by atoms with van der Waals surface area (Å²) >= 11 is 0. The van der Waals surface area contributed by atoms with E-state index in [9.17, 15) is 14.6 Å². The van der Waals surface area contributed by atoms with Gasteiger partial charge in [0, 0.05) is 12.8 Å². The number of para-hydroxylation sites is 1. The van der Waals surface area contributed by atoms with Crippen LogP contribution in [-0.2, 0) is 16.0 Å². The molecule has 0 aromatic heterocycles. The molecule has 7 heteroatoms. The number of hydrogen-bond donors (Lipinski definition) is 2. The summed E-state index contributed by atoms with van der Waals surface area (Å²) in [5.74, 6) is 1.34. The van der Waals surface area contributed by atoms with Crippen LogP contribution >= 0.6 is 0 Å². The quantitative estimate of drug-likeness (QED) is 0.475. The van der Waals surface area contributed by atoms with Crippen molar-refractivity contribution in [1.29, 1.82) is 0 Å². The van der Waals surface area contributed by atoms with Crippen LogP contribution in [0.4, 0.5) is 0 Å². The molecule has 1 amide bonds. The minimum Gasteiger partial charge on any atom is -0.534 e. The Morgan fingerprint density at radius 3 is 3.04 bits per heavy atom. The molecule has 1 heterocycles. The van der Waals surface area contributed by atoms with E-state index >= 15 is 0 Å². The van der Waals surface area contributed by atoms with Gasteiger partial charge in [0.15, 0.2) is 0 Å². The number of hydrogen-bond acceptors (Lipinski definition) is 5. The van der Waals surface area contributed by atoms with E-state index < -0.39 is 19.0 Å². The second kappa shape index (κ2) is 7.70. The third-order valence-corrected chi connectivity index (χ3v) is 3.46. The molecule has 1 aromatic carbocycles. The number of carbonyl (C=O) groups excluding carboxylic acids is 2. The Morgan fingerprint density at radius 1 is 1.57 bits per heavy atom. The molecule has 0 saturated carbocycles. The van der Waals surface area contributed by atoms with E-state index in [4.69, 9.17) is 15.8 Å². The number of terminal acetylenes is 1. The molecule has 1 aliphatic rings. The number of nitrogens with one attached hydrogen (secondary N) is 1. The van der Waals surface area contributed by atoms with Gasteiger partial charge >= 0.3 is 13.1 Å². The molecule has 2 N–H and O–H groups in total. The first-order valence-electron chi connectivity index (χ1n) is 7.43. The summed E-state index contributed by atoms with van der Waals surface area (Å²) in [6.45, 7) is 1.96. The van der Waals surface area contributed by atoms with Crippen LogP contribution in [0, 0.1) is 12.3 Å². The third kappa shape index (κ3) is 4.05. The van der Waals surface area contributed by atoms with E-state index in [1.54, 1.807) is 25.1 Å². The van der Waals surface area contributed by atoms with Gasteiger partial charge in [0.1, 0.15) is 11.3 Å². The molecule has 0 bridgehead atoms. The number of ether oxygens (including phenoxy) is 1. The van der Waals surface area contributed by atoms with Crippen molar-refractivity contribution in [3.63, 3.8) is 0 Å². The maximum atomic E-state index is 11.9. The Balaban J connectivity index is 2.14. The van der Waals surface area contributed by atoms with Gasteiger partial charge in [-0.2, -0.15) is 0 Å². The van der Waals surface area contributed by atoms with Gasteiger partial charge in [-0.15, -0.1) is 12.3 Å². The van der Waals surface area contributed by atoms with Crippen LogP contribution in [0.5, 0.6) is 5.75 Å². The molecule has 2 rings (SSSR count). The summed E-state index contributed by atoms with van der Waals surface area (Å²) in [6.07, 6.45) is 6.00. The van der Waals surface area contributed by atoms with Crippen molar-refractivity contribution < 1.29 is 24.0 Å². The van der Waals surface area contributed by atoms with Gasteiger partial charge in [0.05, 0.1) is 12.5 Å². The van der Waals surface area contributed by atoms with Gasteiger partial charge in [-0.3, -0.25) is 4.79 Å². The normalized spacial score (nSPS) is 15.9. The third-order valence-electron chi connectivity index (χ3n) is 3.46. The number of benzene rings is 1. The first-order chi connectivity index (χ1) is 11.1. The fraction of sp³-hybridized carbons (Fsp3) is 0.375. The number of fused-ring (bicyclic) bond motifs is 1. The monoisotopic (exact) mass is 315 g/mol. The van der Waals surface area contributed by atoms with Crippen LogP contribution in [0.2, 0.25) is 0 Å². The van der Waals surface area contributed by atoms with Crippen molar-refractivity contribution in [3.05, 3.63) is 29.3 Å². The highest BCUT2D eigenvalue weighted by molar-refractivity contribution is 6.47. The summed E-state index contributed by atoms with van der Waals surface area (Å²) < 4.78 is 10.4. The Bertz CT molecular complexity index is 640. The lowest BCUT2D eigenvalue weighted by Crippen LogP contribution is -2.53. The summed E-state index contributed by atoms with van der Waals surface area (Å²) in [5, 5.41) is 12.8. The van der Waals surface area contributed by atoms with Crippen LogP contribution in [0.3, 0.4) is 0 Å². The highest BCUT2D eigenvalue weighted by Crippen LogP contribution is 2.30. The fourth-order valence-electron chi connectivity index (χ4n) is 2.38. The molecule has 6 nitrogen and oxygen atoms in total. The zero-order valence-corrected chi connectivity index (χ0v) is 12.9. The van der Waals surface area contributed by atoms with E-state index in [2.05, 4.69) is 11.2 Å². The van der Waals surface area contributed by atoms with Crippen LogP contribution in [-0.4, -0.2) is 36.6 Å². The predicted octanol–water partition coefficient (Wildman–Crippen LogP) is 0.716. The SMILES string of the molecule is C#CCCC(=O)NC1Cc2cccc(C(=O)OCC)c2OB1O. The smallest absolute Gasteiger partial charge is 0.534 e. The van der Waals surface area contributed by atoms with Gasteiger partial charge in [0.2, 0.25) is 5.91 Å². The first kappa shape index (κ1) is 16.9. The van der Waals surface area contributed by atoms with Gasteiger partial charge in [-0.05, 0) is 25.0 Å². The molecule has 0 aliphatic carbocycles. The van der Waals surface area contributed by atoms with Crippen LogP contribution < -0.4 is 9.97 Å². The average Bonchev–Trinajstić information content (AvgIpc) is 2.53. The standard InChI is InChI=1S/C16H18BNO5/c1-3-5-9-14(19)18-13-10-11-7-6-8-12(16(20)22-4-2)15(11)23-17(13)21/h1,6-8,13,21H,4-5,9-10H2,2H3,(H,18,19). The average molecular weight is 315 g/mol. The van der Waals surface area contributed by atoms with Crippen molar-refractivity contribution in [2.45, 2.75) is 32.1 Å². The Morgan fingerprint density at radius 2 is 2.35 bits per heavy atom. The topological polar surface area (TPSA) is 84.9 Å². The molecule has 1 aliphatic heterocycles.